The zero-order chi connectivity index (χ0) is 20.5. The second-order valence-electron chi connectivity index (χ2n) is 7.32. The van der Waals surface area contributed by atoms with Gasteiger partial charge in [0.2, 0.25) is 5.91 Å². The van der Waals surface area contributed by atoms with Crippen LogP contribution in [0.3, 0.4) is 0 Å². The number of carbonyl (C=O) groups is 2. The van der Waals surface area contributed by atoms with Gasteiger partial charge < -0.3 is 9.64 Å². The number of amides is 1. The van der Waals surface area contributed by atoms with Gasteiger partial charge in [-0.25, -0.2) is 4.98 Å². The smallest absolute Gasteiger partial charge is 0.311 e. The van der Waals surface area contributed by atoms with Gasteiger partial charge in [0.15, 0.2) is 0 Å². The molecule has 3 heterocycles. The minimum atomic E-state index is -0.535. The number of aromatic nitrogens is 2. The Bertz CT molecular complexity index is 1150. The van der Waals surface area contributed by atoms with E-state index in [4.69, 9.17) is 4.74 Å². The Hall–Kier alpha value is -3.48. The van der Waals surface area contributed by atoms with Crippen LogP contribution in [0.4, 0.5) is 5.69 Å². The van der Waals surface area contributed by atoms with Gasteiger partial charge >= 0.3 is 5.97 Å². The van der Waals surface area contributed by atoms with Crippen molar-refractivity contribution >= 4 is 23.2 Å². The van der Waals surface area contributed by atoms with Gasteiger partial charge in [0.05, 0.1) is 11.6 Å². The highest BCUT2D eigenvalue weighted by Gasteiger charge is 2.36. The predicted octanol–water partition coefficient (Wildman–Crippen LogP) is 2.41. The molecule has 148 valence electrons. The molecule has 1 saturated heterocycles. The summed E-state index contributed by atoms with van der Waals surface area (Å²) in [6.07, 6.45) is 1.76. The number of carbonyl (C=O) groups excluding carboxylic acids is 2. The molecule has 1 aromatic carbocycles. The average Bonchev–Trinajstić information content (AvgIpc) is 3.09. The Morgan fingerprint density at radius 2 is 1.93 bits per heavy atom. The summed E-state index contributed by atoms with van der Waals surface area (Å²) in [6, 6.07) is 12.6. The molecule has 3 aromatic rings. The van der Waals surface area contributed by atoms with E-state index in [9.17, 15) is 14.4 Å². The summed E-state index contributed by atoms with van der Waals surface area (Å²) in [5.74, 6) is -1.10. The molecule has 0 saturated carbocycles. The molecule has 1 fully saturated rings. The minimum absolute atomic E-state index is 0.103. The molecule has 0 aliphatic carbocycles. The highest BCUT2D eigenvalue weighted by atomic mass is 16.5. The number of benzene rings is 1. The van der Waals surface area contributed by atoms with Crippen LogP contribution in [0.15, 0.2) is 53.5 Å². The van der Waals surface area contributed by atoms with Gasteiger partial charge in [-0.15, -0.1) is 0 Å². The predicted molar refractivity (Wildman–Crippen MR) is 108 cm³/mol. The number of nitrogens with zero attached hydrogens (tertiary/aromatic N) is 3. The Morgan fingerprint density at radius 3 is 2.69 bits per heavy atom. The molecule has 0 unspecified atom stereocenters. The molecular formula is C22H21N3O4. The Morgan fingerprint density at radius 1 is 1.17 bits per heavy atom. The molecule has 4 rings (SSSR count). The number of esters is 1. The van der Waals surface area contributed by atoms with Crippen molar-refractivity contribution in [2.75, 3.05) is 11.4 Å². The van der Waals surface area contributed by atoms with E-state index >= 15 is 0 Å². The molecule has 1 aliphatic heterocycles. The van der Waals surface area contributed by atoms with Gasteiger partial charge in [0, 0.05) is 30.9 Å². The summed E-state index contributed by atoms with van der Waals surface area (Å²) in [7, 11) is 0. The largest absolute Gasteiger partial charge is 0.459 e. The molecule has 1 atom stereocenters. The molecule has 1 amide bonds. The lowest BCUT2D eigenvalue weighted by atomic mass is 10.1. The summed E-state index contributed by atoms with van der Waals surface area (Å²) in [5.41, 5.74) is 3.42. The van der Waals surface area contributed by atoms with Crippen molar-refractivity contribution in [3.63, 3.8) is 0 Å². The lowest BCUT2D eigenvalue weighted by Crippen LogP contribution is -2.26. The number of pyridine rings is 1. The Labute approximate surface area is 167 Å². The van der Waals surface area contributed by atoms with Crippen LogP contribution in [0, 0.1) is 19.8 Å². The lowest BCUT2D eigenvalue weighted by molar-refractivity contribution is -0.149. The fourth-order valence-electron chi connectivity index (χ4n) is 3.49. The molecule has 29 heavy (non-hydrogen) atoms. The van der Waals surface area contributed by atoms with Crippen LogP contribution in [-0.4, -0.2) is 27.8 Å². The lowest BCUT2D eigenvalue weighted by Gasteiger charge is -2.16. The first-order valence-electron chi connectivity index (χ1n) is 9.44. The number of aryl methyl sites for hydroxylation is 2. The third kappa shape index (κ3) is 3.76. The molecule has 7 heteroatoms. The molecule has 1 aliphatic rings. The highest BCUT2D eigenvalue weighted by Crippen LogP contribution is 2.26. The summed E-state index contributed by atoms with van der Waals surface area (Å²) in [4.78, 5) is 43.1. The van der Waals surface area contributed by atoms with Crippen LogP contribution in [-0.2, 0) is 20.9 Å². The first kappa shape index (κ1) is 18.9. The first-order chi connectivity index (χ1) is 13.9. The Balaban J connectivity index is 1.44. The van der Waals surface area contributed by atoms with Crippen molar-refractivity contribution in [2.24, 2.45) is 5.92 Å². The van der Waals surface area contributed by atoms with Gasteiger partial charge in [-0.1, -0.05) is 23.8 Å². The summed E-state index contributed by atoms with van der Waals surface area (Å²) >= 11 is 0. The maximum absolute atomic E-state index is 12.5. The number of hydrogen-bond donors (Lipinski definition) is 0. The quantitative estimate of drug-likeness (QED) is 0.638. The third-order valence-electron chi connectivity index (χ3n) is 5.11. The van der Waals surface area contributed by atoms with Gasteiger partial charge in [0.25, 0.3) is 5.56 Å². The maximum atomic E-state index is 12.5. The monoisotopic (exact) mass is 391 g/mol. The number of anilines is 1. The highest BCUT2D eigenvalue weighted by molar-refractivity contribution is 5.99. The van der Waals surface area contributed by atoms with Crippen molar-refractivity contribution in [3.05, 3.63) is 75.8 Å². The van der Waals surface area contributed by atoms with Crippen LogP contribution in [0.5, 0.6) is 0 Å². The van der Waals surface area contributed by atoms with Crippen LogP contribution in [0.25, 0.3) is 5.65 Å². The van der Waals surface area contributed by atoms with Crippen molar-refractivity contribution in [1.29, 1.82) is 0 Å². The SMILES string of the molecule is Cc1ccc(N2C[C@@H](C(=O)OCc3cc(=O)n4cccc(C)c4n3)CC2=O)cc1. The van der Waals surface area contributed by atoms with Gasteiger partial charge in [-0.2, -0.15) is 0 Å². The molecule has 7 nitrogen and oxygen atoms in total. The topological polar surface area (TPSA) is 81.0 Å². The van der Waals surface area contributed by atoms with Crippen LogP contribution in [0.1, 0.15) is 23.2 Å². The van der Waals surface area contributed by atoms with E-state index in [1.807, 2.05) is 44.2 Å². The summed E-state index contributed by atoms with van der Waals surface area (Å²) < 4.78 is 6.83. The van der Waals surface area contributed by atoms with Crippen molar-refractivity contribution in [3.8, 4) is 0 Å². The van der Waals surface area contributed by atoms with E-state index in [1.165, 1.54) is 10.5 Å². The molecule has 2 aromatic heterocycles. The van der Waals surface area contributed by atoms with E-state index in [1.54, 1.807) is 17.2 Å². The maximum Gasteiger partial charge on any atom is 0.311 e. The minimum Gasteiger partial charge on any atom is -0.459 e. The number of rotatable bonds is 4. The van der Waals surface area contributed by atoms with Crippen molar-refractivity contribution in [1.82, 2.24) is 9.38 Å². The van der Waals surface area contributed by atoms with Gasteiger partial charge in [-0.05, 0) is 37.6 Å². The van der Waals surface area contributed by atoms with E-state index in [0.29, 0.717) is 11.3 Å². The van der Waals surface area contributed by atoms with Gasteiger partial charge in [0.1, 0.15) is 12.3 Å². The summed E-state index contributed by atoms with van der Waals surface area (Å²) in [6.45, 7) is 4.02. The first-order valence-corrected chi connectivity index (χ1v) is 9.44. The van der Waals surface area contributed by atoms with E-state index in [-0.39, 0.29) is 31.0 Å². The van der Waals surface area contributed by atoms with E-state index in [2.05, 4.69) is 4.98 Å². The zero-order valence-corrected chi connectivity index (χ0v) is 16.3. The normalized spacial score (nSPS) is 16.4. The van der Waals surface area contributed by atoms with Crippen LogP contribution >= 0.6 is 0 Å². The molecular weight excluding hydrogens is 370 g/mol. The van der Waals surface area contributed by atoms with Crippen LogP contribution < -0.4 is 10.5 Å². The standard InChI is InChI=1S/C22H21N3O4/c1-14-5-7-18(8-6-14)25-12-16(10-19(25)26)22(28)29-13-17-11-20(27)24-9-3-4-15(2)21(24)23-17/h3-9,11,16H,10,12-13H2,1-2H3/t16-/m0/s1. The molecule has 0 spiro atoms. The van der Waals surface area contributed by atoms with E-state index in [0.717, 1.165) is 16.8 Å². The molecule has 0 bridgehead atoms. The zero-order valence-electron chi connectivity index (χ0n) is 16.3. The second-order valence-corrected chi connectivity index (χ2v) is 7.32. The fourth-order valence-corrected chi connectivity index (χ4v) is 3.49. The third-order valence-corrected chi connectivity index (χ3v) is 5.11. The van der Waals surface area contributed by atoms with Crippen molar-refractivity contribution < 1.29 is 14.3 Å². The average molecular weight is 391 g/mol. The number of fused-ring (bicyclic) bond motifs is 1. The van der Waals surface area contributed by atoms with E-state index < -0.39 is 11.9 Å². The molecule has 0 N–H and O–H groups in total. The Kier molecular flexibility index (Phi) is 4.88. The number of ether oxygens (including phenoxy) is 1. The molecule has 0 radical (unpaired) electrons. The second kappa shape index (κ2) is 7.50. The van der Waals surface area contributed by atoms with Gasteiger partial charge in [-0.3, -0.25) is 18.8 Å². The fraction of sp³-hybridized carbons (Fsp3) is 0.273. The summed E-state index contributed by atoms with van der Waals surface area (Å²) in [5, 5.41) is 0. The van der Waals surface area contributed by atoms with Crippen molar-refractivity contribution in [2.45, 2.75) is 26.9 Å². The number of hydrogen-bond acceptors (Lipinski definition) is 5. The van der Waals surface area contributed by atoms with Crippen LogP contribution in [0.2, 0.25) is 0 Å².